The summed E-state index contributed by atoms with van der Waals surface area (Å²) >= 11 is 4.95. The third kappa shape index (κ3) is 2.76. The van der Waals surface area contributed by atoms with E-state index >= 15 is 0 Å². The molecule has 0 amide bonds. The zero-order valence-corrected chi connectivity index (χ0v) is 11.2. The molecule has 3 nitrogen and oxygen atoms in total. The van der Waals surface area contributed by atoms with Gasteiger partial charge in [0, 0.05) is 30.4 Å². The number of likely N-dealkylation sites (N-methyl/N-ethyl adjacent to an activating group) is 1. The van der Waals surface area contributed by atoms with Crippen molar-refractivity contribution in [2.75, 3.05) is 32.1 Å². The summed E-state index contributed by atoms with van der Waals surface area (Å²) in [6.45, 7) is 2.22. The van der Waals surface area contributed by atoms with E-state index in [4.69, 9.17) is 18.0 Å². The van der Waals surface area contributed by atoms with E-state index in [0.717, 1.165) is 18.7 Å². The van der Waals surface area contributed by atoms with Crippen LogP contribution >= 0.6 is 12.2 Å². The Morgan fingerprint density at radius 3 is 2.47 bits per heavy atom. The Morgan fingerprint density at radius 1 is 1.35 bits per heavy atom. The molecule has 0 aromatic heterocycles. The van der Waals surface area contributed by atoms with Gasteiger partial charge in [0.15, 0.2) is 0 Å². The molecule has 4 heteroatoms. The largest absolute Gasteiger partial charge is 0.389 e. The number of thiocarbonyl (C=S) groups is 1. The molecule has 1 aromatic rings. The standard InChI is InChI=1S/C13H19N3S/c1-15(2)12-7-8-16(9-12)11-5-3-10(4-6-11)13(14)17/h3-6,12H,7-9H2,1-2H3,(H2,14,17). The molecule has 0 spiro atoms. The molecule has 0 aliphatic carbocycles. The molecular weight excluding hydrogens is 230 g/mol. The van der Waals surface area contributed by atoms with Gasteiger partial charge in [-0.2, -0.15) is 0 Å². The summed E-state index contributed by atoms with van der Waals surface area (Å²) in [5, 5.41) is 0. The molecule has 1 fully saturated rings. The summed E-state index contributed by atoms with van der Waals surface area (Å²) in [4.78, 5) is 5.17. The van der Waals surface area contributed by atoms with Crippen molar-refractivity contribution in [1.82, 2.24) is 4.90 Å². The van der Waals surface area contributed by atoms with Crippen molar-refractivity contribution in [2.24, 2.45) is 5.73 Å². The fourth-order valence-electron chi connectivity index (χ4n) is 2.23. The second kappa shape index (κ2) is 5.02. The fraction of sp³-hybridized carbons (Fsp3) is 0.462. The van der Waals surface area contributed by atoms with E-state index in [1.807, 2.05) is 12.1 Å². The maximum atomic E-state index is 5.59. The second-order valence-electron chi connectivity index (χ2n) is 4.76. The van der Waals surface area contributed by atoms with Crippen molar-refractivity contribution in [3.05, 3.63) is 29.8 Å². The number of hydrogen-bond acceptors (Lipinski definition) is 3. The van der Waals surface area contributed by atoms with Gasteiger partial charge < -0.3 is 15.5 Å². The van der Waals surface area contributed by atoms with Crippen LogP contribution in [0.2, 0.25) is 0 Å². The first kappa shape index (κ1) is 12.3. The van der Waals surface area contributed by atoms with Gasteiger partial charge in [-0.25, -0.2) is 0 Å². The van der Waals surface area contributed by atoms with Gasteiger partial charge in [-0.3, -0.25) is 0 Å². The summed E-state index contributed by atoms with van der Waals surface area (Å²) in [6, 6.07) is 8.87. The molecule has 17 heavy (non-hydrogen) atoms. The van der Waals surface area contributed by atoms with Crippen LogP contribution < -0.4 is 10.6 Å². The Hall–Kier alpha value is -1.13. The first-order valence-corrected chi connectivity index (χ1v) is 6.30. The van der Waals surface area contributed by atoms with E-state index in [0.29, 0.717) is 11.0 Å². The first-order valence-electron chi connectivity index (χ1n) is 5.89. The lowest BCUT2D eigenvalue weighted by Crippen LogP contribution is -2.31. The van der Waals surface area contributed by atoms with Crippen molar-refractivity contribution >= 4 is 22.9 Å². The van der Waals surface area contributed by atoms with Crippen LogP contribution in [0, 0.1) is 0 Å². The lowest BCUT2D eigenvalue weighted by Gasteiger charge is -2.22. The predicted molar refractivity (Wildman–Crippen MR) is 76.6 cm³/mol. The molecule has 1 unspecified atom stereocenters. The minimum Gasteiger partial charge on any atom is -0.389 e. The Balaban J connectivity index is 2.06. The maximum Gasteiger partial charge on any atom is 0.103 e. The fourth-order valence-corrected chi connectivity index (χ4v) is 2.37. The van der Waals surface area contributed by atoms with Crippen LogP contribution in [0.15, 0.2) is 24.3 Å². The lowest BCUT2D eigenvalue weighted by atomic mass is 10.2. The highest BCUT2D eigenvalue weighted by atomic mass is 32.1. The number of rotatable bonds is 3. The second-order valence-corrected chi connectivity index (χ2v) is 5.20. The summed E-state index contributed by atoms with van der Waals surface area (Å²) in [5.41, 5.74) is 7.79. The molecule has 0 radical (unpaired) electrons. The average molecular weight is 249 g/mol. The van der Waals surface area contributed by atoms with Gasteiger partial charge in [0.1, 0.15) is 4.99 Å². The van der Waals surface area contributed by atoms with Crippen molar-refractivity contribution < 1.29 is 0 Å². The number of hydrogen-bond donors (Lipinski definition) is 1. The molecule has 1 heterocycles. The molecule has 2 N–H and O–H groups in total. The molecule has 0 bridgehead atoms. The highest BCUT2D eigenvalue weighted by Gasteiger charge is 2.23. The molecule has 1 aliphatic heterocycles. The van der Waals surface area contributed by atoms with E-state index in [1.165, 1.54) is 12.1 Å². The highest BCUT2D eigenvalue weighted by Crippen LogP contribution is 2.22. The van der Waals surface area contributed by atoms with Crippen LogP contribution in [0.1, 0.15) is 12.0 Å². The number of nitrogens with two attached hydrogens (primary N) is 1. The van der Waals surface area contributed by atoms with Gasteiger partial charge in [0.05, 0.1) is 0 Å². The minimum atomic E-state index is 0.462. The molecule has 1 aromatic carbocycles. The zero-order chi connectivity index (χ0) is 12.4. The topological polar surface area (TPSA) is 32.5 Å². The van der Waals surface area contributed by atoms with Crippen LogP contribution in [-0.2, 0) is 0 Å². The number of nitrogens with zero attached hydrogens (tertiary/aromatic N) is 2. The van der Waals surface area contributed by atoms with Crippen LogP contribution in [0.25, 0.3) is 0 Å². The summed E-state index contributed by atoms with van der Waals surface area (Å²) in [6.07, 6.45) is 1.23. The summed E-state index contributed by atoms with van der Waals surface area (Å²) in [5.74, 6) is 0. The van der Waals surface area contributed by atoms with Crippen LogP contribution in [-0.4, -0.2) is 43.1 Å². The molecule has 1 saturated heterocycles. The molecular formula is C13H19N3S. The first-order chi connectivity index (χ1) is 8.08. The van der Waals surface area contributed by atoms with E-state index < -0.39 is 0 Å². The van der Waals surface area contributed by atoms with Gasteiger partial charge >= 0.3 is 0 Å². The SMILES string of the molecule is CN(C)C1CCN(c2ccc(C(N)=S)cc2)C1. The van der Waals surface area contributed by atoms with Crippen LogP contribution in [0.5, 0.6) is 0 Å². The van der Waals surface area contributed by atoms with E-state index in [9.17, 15) is 0 Å². The summed E-state index contributed by atoms with van der Waals surface area (Å²) < 4.78 is 0. The summed E-state index contributed by atoms with van der Waals surface area (Å²) in [7, 11) is 4.29. The molecule has 1 aliphatic rings. The normalized spacial score (nSPS) is 19.9. The number of anilines is 1. The molecule has 1 atom stereocenters. The van der Waals surface area contributed by atoms with Gasteiger partial charge in [0.2, 0.25) is 0 Å². The minimum absolute atomic E-state index is 0.462. The van der Waals surface area contributed by atoms with Gasteiger partial charge in [-0.15, -0.1) is 0 Å². The Morgan fingerprint density at radius 2 is 2.00 bits per heavy atom. The van der Waals surface area contributed by atoms with Gasteiger partial charge in [0.25, 0.3) is 0 Å². The van der Waals surface area contributed by atoms with Gasteiger partial charge in [-0.05, 0) is 44.8 Å². The average Bonchev–Trinajstić information content (AvgIpc) is 2.78. The molecule has 2 rings (SSSR count). The Labute approximate surface area is 108 Å². The molecule has 0 saturated carbocycles. The predicted octanol–water partition coefficient (Wildman–Crippen LogP) is 1.46. The van der Waals surface area contributed by atoms with Crippen molar-refractivity contribution in [3.63, 3.8) is 0 Å². The number of benzene rings is 1. The quantitative estimate of drug-likeness (QED) is 0.822. The van der Waals surface area contributed by atoms with Crippen LogP contribution in [0.3, 0.4) is 0 Å². The monoisotopic (exact) mass is 249 g/mol. The van der Waals surface area contributed by atoms with Crippen molar-refractivity contribution in [3.8, 4) is 0 Å². The van der Waals surface area contributed by atoms with Crippen molar-refractivity contribution in [2.45, 2.75) is 12.5 Å². The van der Waals surface area contributed by atoms with E-state index in [2.05, 4.69) is 36.0 Å². The lowest BCUT2D eigenvalue weighted by molar-refractivity contribution is 0.315. The Bertz CT molecular complexity index is 400. The highest BCUT2D eigenvalue weighted by molar-refractivity contribution is 7.80. The van der Waals surface area contributed by atoms with E-state index in [1.54, 1.807) is 0 Å². The van der Waals surface area contributed by atoms with Crippen molar-refractivity contribution in [1.29, 1.82) is 0 Å². The third-order valence-electron chi connectivity index (χ3n) is 3.41. The third-order valence-corrected chi connectivity index (χ3v) is 3.65. The molecule has 92 valence electrons. The van der Waals surface area contributed by atoms with Gasteiger partial charge in [-0.1, -0.05) is 12.2 Å². The zero-order valence-electron chi connectivity index (χ0n) is 10.4. The Kier molecular flexibility index (Phi) is 3.64. The maximum absolute atomic E-state index is 5.59. The smallest absolute Gasteiger partial charge is 0.103 e. The van der Waals surface area contributed by atoms with E-state index in [-0.39, 0.29) is 0 Å². The van der Waals surface area contributed by atoms with Crippen LogP contribution in [0.4, 0.5) is 5.69 Å².